The Morgan fingerprint density at radius 3 is 1.71 bits per heavy atom. The normalized spacial score (nSPS) is 11.1. The number of hydrogen-bond donors (Lipinski definition) is 0. The molecule has 0 nitrogen and oxygen atoms in total. The van der Waals surface area contributed by atoms with Crippen LogP contribution in [0.15, 0.2) is 0 Å². The fourth-order valence-corrected chi connectivity index (χ4v) is 2.39. The van der Waals surface area contributed by atoms with Crippen molar-refractivity contribution in [2.24, 2.45) is 5.92 Å². The quantitative estimate of drug-likeness (QED) is 0.540. The molecule has 0 heterocycles. The Balaban J connectivity index is 2.95. The van der Waals surface area contributed by atoms with Gasteiger partial charge in [-0.2, -0.15) is 0 Å². The predicted molar refractivity (Wildman–Crippen MR) is 51.3 cm³/mol. The summed E-state index contributed by atoms with van der Waals surface area (Å²) in [5.41, 5.74) is 0. The van der Waals surface area contributed by atoms with Gasteiger partial charge in [0.15, 0.2) is 0 Å². The van der Waals surface area contributed by atoms with Crippen molar-refractivity contribution in [1.82, 2.24) is 0 Å². The molecule has 0 bridgehead atoms. The fraction of sp³-hybridized carbons (Fsp3) is 1.00. The maximum absolute atomic E-state index is 2.44. The first-order valence-corrected chi connectivity index (χ1v) is 4.90. The Labute approximate surface area is 72.7 Å². The number of rotatable bonds is 2. The Morgan fingerprint density at radius 1 is 1.29 bits per heavy atom. The van der Waals surface area contributed by atoms with Crippen LogP contribution in [0.25, 0.3) is 0 Å². The average molecular weight is 324 g/mol. The highest BCUT2D eigenvalue weighted by Crippen LogP contribution is 2.18. The average Bonchev–Trinajstić information content (AvgIpc) is 1.27. The lowest BCUT2D eigenvalue weighted by Gasteiger charge is -2.02. The van der Waals surface area contributed by atoms with Crippen LogP contribution < -0.4 is 0 Å². The van der Waals surface area contributed by atoms with Crippen molar-refractivity contribution >= 4 is 45.2 Å². The second-order valence-electron chi connectivity index (χ2n) is 2.02. The van der Waals surface area contributed by atoms with Crippen LogP contribution in [0.5, 0.6) is 0 Å². The monoisotopic (exact) mass is 324 g/mol. The Kier molecular flexibility index (Phi) is 5.26. The van der Waals surface area contributed by atoms with Gasteiger partial charge in [0.05, 0.1) is 1.93 Å². The van der Waals surface area contributed by atoms with Crippen LogP contribution in [-0.4, -0.2) is 1.93 Å². The lowest BCUT2D eigenvalue weighted by Crippen LogP contribution is -1.92. The molecule has 7 heavy (non-hydrogen) atoms. The minimum absolute atomic E-state index is 0.815. The van der Waals surface area contributed by atoms with Crippen molar-refractivity contribution in [3.8, 4) is 0 Å². The zero-order valence-corrected chi connectivity index (χ0v) is 8.93. The molecule has 0 unspecified atom stereocenters. The number of alkyl halides is 2. The second kappa shape index (κ2) is 4.35. The first-order valence-electron chi connectivity index (χ1n) is 2.41. The second-order valence-corrected chi connectivity index (χ2v) is 7.41. The predicted octanol–water partition coefficient (Wildman–Crippen LogP) is 3.23. The molecular formula is C5H10I2. The Morgan fingerprint density at radius 2 is 1.71 bits per heavy atom. The molecule has 0 aliphatic rings. The summed E-state index contributed by atoms with van der Waals surface area (Å²) in [7, 11) is 0. The van der Waals surface area contributed by atoms with Gasteiger partial charge in [-0.15, -0.1) is 0 Å². The van der Waals surface area contributed by atoms with Crippen molar-refractivity contribution < 1.29 is 0 Å². The van der Waals surface area contributed by atoms with Crippen molar-refractivity contribution in [3.05, 3.63) is 0 Å². The molecule has 44 valence electrons. The Bertz CT molecular complexity index is 35.3. The highest BCUT2D eigenvalue weighted by molar-refractivity contribution is 14.2. The van der Waals surface area contributed by atoms with Crippen LogP contribution in [0.3, 0.4) is 0 Å². The van der Waals surface area contributed by atoms with Crippen molar-refractivity contribution in [2.75, 3.05) is 0 Å². The summed E-state index contributed by atoms with van der Waals surface area (Å²) in [6.07, 6.45) is 1.33. The smallest absolute Gasteiger partial charge is 0.0629 e. The van der Waals surface area contributed by atoms with E-state index in [1.807, 2.05) is 0 Å². The maximum atomic E-state index is 2.44. The highest BCUT2D eigenvalue weighted by Gasteiger charge is 1.99. The summed E-state index contributed by atoms with van der Waals surface area (Å²) >= 11 is 4.89. The molecule has 0 rings (SSSR count). The van der Waals surface area contributed by atoms with E-state index in [1.165, 1.54) is 6.42 Å². The topological polar surface area (TPSA) is 0 Å². The molecular weight excluding hydrogens is 314 g/mol. The third kappa shape index (κ3) is 7.46. The summed E-state index contributed by atoms with van der Waals surface area (Å²) < 4.78 is 0.815. The van der Waals surface area contributed by atoms with Crippen LogP contribution in [0.2, 0.25) is 0 Å². The van der Waals surface area contributed by atoms with E-state index in [1.54, 1.807) is 0 Å². The first-order chi connectivity index (χ1) is 3.13. The van der Waals surface area contributed by atoms with Crippen LogP contribution in [0.1, 0.15) is 20.3 Å². The zero-order chi connectivity index (χ0) is 5.86. The fourth-order valence-electron chi connectivity index (χ4n) is 0.356. The molecule has 0 amide bonds. The molecule has 0 N–H and O–H groups in total. The highest BCUT2D eigenvalue weighted by atomic mass is 127. The van der Waals surface area contributed by atoms with E-state index in [0.29, 0.717) is 0 Å². The van der Waals surface area contributed by atoms with E-state index < -0.39 is 0 Å². The molecule has 0 aliphatic carbocycles. The molecule has 0 aromatic heterocycles. The summed E-state index contributed by atoms with van der Waals surface area (Å²) in [6, 6.07) is 0. The van der Waals surface area contributed by atoms with E-state index in [9.17, 15) is 0 Å². The van der Waals surface area contributed by atoms with Gasteiger partial charge in [0, 0.05) is 0 Å². The van der Waals surface area contributed by atoms with E-state index in [4.69, 9.17) is 0 Å². The standard InChI is InChI=1S/C5H10I2/c1-4(2)3-5(6)7/h4-5H,3H2,1-2H3. The zero-order valence-electron chi connectivity index (χ0n) is 4.62. The third-order valence-corrected chi connectivity index (χ3v) is 1.67. The van der Waals surface area contributed by atoms with Crippen LogP contribution in [-0.2, 0) is 0 Å². The maximum Gasteiger partial charge on any atom is 0.0629 e. The van der Waals surface area contributed by atoms with Crippen molar-refractivity contribution in [3.63, 3.8) is 0 Å². The van der Waals surface area contributed by atoms with Gasteiger partial charge in [-0.25, -0.2) is 0 Å². The van der Waals surface area contributed by atoms with Gasteiger partial charge in [-0.1, -0.05) is 59.0 Å². The lowest BCUT2D eigenvalue weighted by molar-refractivity contribution is 0.631. The van der Waals surface area contributed by atoms with E-state index in [2.05, 4.69) is 59.0 Å². The molecule has 0 saturated heterocycles. The van der Waals surface area contributed by atoms with E-state index in [0.717, 1.165) is 7.85 Å². The molecule has 0 aromatic carbocycles. The minimum Gasteiger partial charge on any atom is -0.0710 e. The molecule has 0 atom stereocenters. The van der Waals surface area contributed by atoms with Crippen LogP contribution in [0, 0.1) is 5.92 Å². The third-order valence-electron chi connectivity index (χ3n) is 0.650. The largest absolute Gasteiger partial charge is 0.0710 e. The molecule has 0 fully saturated rings. The van der Waals surface area contributed by atoms with Gasteiger partial charge in [-0.3, -0.25) is 0 Å². The van der Waals surface area contributed by atoms with E-state index in [-0.39, 0.29) is 0 Å². The lowest BCUT2D eigenvalue weighted by atomic mass is 10.2. The van der Waals surface area contributed by atoms with Gasteiger partial charge in [0.2, 0.25) is 0 Å². The SMILES string of the molecule is CC(C)CC(I)I. The van der Waals surface area contributed by atoms with Gasteiger partial charge in [-0.05, 0) is 12.3 Å². The van der Waals surface area contributed by atoms with Gasteiger partial charge in [0.25, 0.3) is 0 Å². The molecule has 0 spiro atoms. The summed E-state index contributed by atoms with van der Waals surface area (Å²) in [5, 5.41) is 0. The summed E-state index contributed by atoms with van der Waals surface area (Å²) in [6.45, 7) is 4.51. The van der Waals surface area contributed by atoms with Gasteiger partial charge >= 0.3 is 0 Å². The van der Waals surface area contributed by atoms with Crippen molar-refractivity contribution in [1.29, 1.82) is 0 Å². The molecule has 0 aliphatic heterocycles. The molecule has 0 radical (unpaired) electrons. The molecule has 2 heteroatoms. The van der Waals surface area contributed by atoms with Gasteiger partial charge in [0.1, 0.15) is 0 Å². The minimum atomic E-state index is 0.815. The Hall–Kier alpha value is 1.46. The summed E-state index contributed by atoms with van der Waals surface area (Å²) in [4.78, 5) is 0. The van der Waals surface area contributed by atoms with Crippen LogP contribution in [0.4, 0.5) is 0 Å². The number of hydrogen-bond acceptors (Lipinski definition) is 0. The molecule has 0 aromatic rings. The molecule has 0 saturated carbocycles. The van der Waals surface area contributed by atoms with Crippen LogP contribution >= 0.6 is 45.2 Å². The van der Waals surface area contributed by atoms with Gasteiger partial charge < -0.3 is 0 Å². The van der Waals surface area contributed by atoms with Crippen molar-refractivity contribution in [2.45, 2.75) is 22.2 Å². The first kappa shape index (κ1) is 8.46. The van der Waals surface area contributed by atoms with E-state index >= 15 is 0 Å². The summed E-state index contributed by atoms with van der Waals surface area (Å²) in [5.74, 6) is 0.860. The number of halogens is 2.